The summed E-state index contributed by atoms with van der Waals surface area (Å²) in [6, 6.07) is 22.2. The highest BCUT2D eigenvalue weighted by Crippen LogP contribution is 2.23. The number of esters is 1. The molecular formula is C24H15NO5. The summed E-state index contributed by atoms with van der Waals surface area (Å²) < 4.78 is 16.2. The summed E-state index contributed by atoms with van der Waals surface area (Å²) in [6.45, 7) is -0.305. The molecule has 0 saturated heterocycles. The second kappa shape index (κ2) is 8.33. The zero-order valence-electron chi connectivity index (χ0n) is 15.7. The van der Waals surface area contributed by atoms with Crippen molar-refractivity contribution in [3.8, 4) is 28.7 Å². The molecule has 0 fully saturated rings. The summed E-state index contributed by atoms with van der Waals surface area (Å²) >= 11 is 0. The predicted octanol–water partition coefficient (Wildman–Crippen LogP) is 4.32. The molecule has 1 aromatic heterocycles. The van der Waals surface area contributed by atoms with Gasteiger partial charge in [-0.15, -0.1) is 0 Å². The number of carbonyl (C=O) groups excluding carboxylic acids is 1. The van der Waals surface area contributed by atoms with Gasteiger partial charge in [-0.1, -0.05) is 30.3 Å². The third-order valence-electron chi connectivity index (χ3n) is 4.40. The van der Waals surface area contributed by atoms with Crippen LogP contribution in [-0.4, -0.2) is 12.6 Å². The van der Waals surface area contributed by atoms with Gasteiger partial charge in [-0.3, -0.25) is 4.79 Å². The Morgan fingerprint density at radius 3 is 2.43 bits per heavy atom. The Morgan fingerprint density at radius 1 is 0.967 bits per heavy atom. The smallest absolute Gasteiger partial charge is 0.349 e. The van der Waals surface area contributed by atoms with E-state index in [0.29, 0.717) is 27.8 Å². The van der Waals surface area contributed by atoms with E-state index >= 15 is 0 Å². The van der Waals surface area contributed by atoms with E-state index in [-0.39, 0.29) is 17.8 Å². The molecule has 3 aromatic carbocycles. The maximum atomic E-state index is 12.8. The summed E-state index contributed by atoms with van der Waals surface area (Å²) in [5.41, 5.74) is 1.88. The first-order valence-corrected chi connectivity index (χ1v) is 9.09. The van der Waals surface area contributed by atoms with Gasteiger partial charge in [0.1, 0.15) is 23.3 Å². The van der Waals surface area contributed by atoms with Gasteiger partial charge < -0.3 is 13.9 Å². The summed E-state index contributed by atoms with van der Waals surface area (Å²) in [4.78, 5) is 24.8. The number of hydrogen-bond acceptors (Lipinski definition) is 6. The molecular weight excluding hydrogens is 382 g/mol. The Labute approximate surface area is 171 Å². The van der Waals surface area contributed by atoms with Crippen molar-refractivity contribution in [2.24, 2.45) is 0 Å². The summed E-state index contributed by atoms with van der Waals surface area (Å²) in [6.07, 6.45) is 1.40. The fourth-order valence-electron chi connectivity index (χ4n) is 2.92. The van der Waals surface area contributed by atoms with Gasteiger partial charge >= 0.3 is 5.97 Å². The minimum absolute atomic E-state index is 0.163. The summed E-state index contributed by atoms with van der Waals surface area (Å²) in [5, 5.41) is 9.18. The second-order valence-electron chi connectivity index (χ2n) is 6.40. The normalized spacial score (nSPS) is 10.4. The highest BCUT2D eigenvalue weighted by atomic mass is 16.6. The van der Waals surface area contributed by atoms with Gasteiger partial charge in [0.05, 0.1) is 22.6 Å². The minimum atomic E-state index is -0.609. The van der Waals surface area contributed by atoms with Crippen molar-refractivity contribution in [1.29, 1.82) is 5.26 Å². The molecule has 0 unspecified atom stereocenters. The van der Waals surface area contributed by atoms with Crippen molar-refractivity contribution in [3.05, 3.63) is 94.8 Å². The molecule has 0 bridgehead atoms. The highest BCUT2D eigenvalue weighted by molar-refractivity contribution is 5.83. The number of fused-ring (bicyclic) bond motifs is 1. The number of ether oxygens (including phenoxy) is 2. The van der Waals surface area contributed by atoms with Crippen molar-refractivity contribution in [3.63, 3.8) is 0 Å². The molecule has 4 rings (SSSR count). The van der Waals surface area contributed by atoms with Crippen LogP contribution < -0.4 is 14.9 Å². The summed E-state index contributed by atoms with van der Waals surface area (Å²) in [7, 11) is 0. The van der Waals surface area contributed by atoms with Crippen LogP contribution in [0.1, 0.15) is 5.56 Å². The summed E-state index contributed by atoms with van der Waals surface area (Å²) in [5.74, 6) is 0.0809. The van der Waals surface area contributed by atoms with Crippen LogP contribution in [0.25, 0.3) is 22.1 Å². The maximum Gasteiger partial charge on any atom is 0.349 e. The largest absolute Gasteiger partial charge is 0.482 e. The van der Waals surface area contributed by atoms with E-state index in [2.05, 4.69) is 0 Å². The fourth-order valence-corrected chi connectivity index (χ4v) is 2.92. The van der Waals surface area contributed by atoms with Gasteiger partial charge in [0.15, 0.2) is 12.0 Å². The monoisotopic (exact) mass is 397 g/mol. The van der Waals surface area contributed by atoms with Crippen LogP contribution in [0.3, 0.4) is 0 Å². The van der Waals surface area contributed by atoms with Crippen molar-refractivity contribution in [1.82, 2.24) is 0 Å². The first kappa shape index (κ1) is 19.0. The van der Waals surface area contributed by atoms with E-state index in [0.717, 1.165) is 5.56 Å². The van der Waals surface area contributed by atoms with Gasteiger partial charge in [-0.25, -0.2) is 4.79 Å². The fraction of sp³-hybridized carbons (Fsp3) is 0.0417. The van der Waals surface area contributed by atoms with E-state index in [4.69, 9.17) is 19.2 Å². The van der Waals surface area contributed by atoms with Crippen LogP contribution in [0.5, 0.6) is 11.5 Å². The number of benzene rings is 3. The topological polar surface area (TPSA) is 89.5 Å². The van der Waals surface area contributed by atoms with Crippen LogP contribution in [0.2, 0.25) is 0 Å². The molecule has 0 spiro atoms. The van der Waals surface area contributed by atoms with Gasteiger partial charge in [0, 0.05) is 6.07 Å². The van der Waals surface area contributed by atoms with Gasteiger partial charge in [-0.2, -0.15) is 5.26 Å². The molecule has 6 nitrogen and oxygen atoms in total. The Morgan fingerprint density at radius 2 is 1.70 bits per heavy atom. The molecule has 1 heterocycles. The lowest BCUT2D eigenvalue weighted by molar-refractivity contribution is -0.136. The molecule has 146 valence electrons. The second-order valence-corrected chi connectivity index (χ2v) is 6.40. The molecule has 0 amide bonds. The minimum Gasteiger partial charge on any atom is -0.482 e. The lowest BCUT2D eigenvalue weighted by atomic mass is 10.1. The van der Waals surface area contributed by atoms with Crippen molar-refractivity contribution >= 4 is 16.9 Å². The molecule has 0 aliphatic rings. The third kappa shape index (κ3) is 4.05. The lowest BCUT2D eigenvalue weighted by Gasteiger charge is -2.08. The van der Waals surface area contributed by atoms with Crippen LogP contribution in [-0.2, 0) is 4.79 Å². The Kier molecular flexibility index (Phi) is 5.27. The predicted molar refractivity (Wildman–Crippen MR) is 110 cm³/mol. The number of nitriles is 1. The van der Waals surface area contributed by atoms with Gasteiger partial charge in [0.25, 0.3) is 0 Å². The van der Waals surface area contributed by atoms with Crippen LogP contribution in [0.4, 0.5) is 0 Å². The molecule has 30 heavy (non-hydrogen) atoms. The Bertz CT molecular complexity index is 1300. The lowest BCUT2D eigenvalue weighted by Crippen LogP contribution is -2.17. The number of nitrogens with zero attached hydrogens (tertiary/aromatic N) is 1. The zero-order chi connectivity index (χ0) is 20.9. The Balaban J connectivity index is 1.47. The maximum absolute atomic E-state index is 12.8. The first-order chi connectivity index (χ1) is 14.6. The van der Waals surface area contributed by atoms with Crippen LogP contribution in [0, 0.1) is 11.3 Å². The molecule has 0 saturated carbocycles. The van der Waals surface area contributed by atoms with Crippen molar-refractivity contribution in [2.75, 3.05) is 6.61 Å². The van der Waals surface area contributed by atoms with Crippen molar-refractivity contribution in [2.45, 2.75) is 0 Å². The number of carbonyl (C=O) groups is 1. The molecule has 0 atom stereocenters. The van der Waals surface area contributed by atoms with Gasteiger partial charge in [-0.05, 0) is 42.0 Å². The number of rotatable bonds is 5. The average Bonchev–Trinajstić information content (AvgIpc) is 2.79. The van der Waals surface area contributed by atoms with E-state index in [1.54, 1.807) is 30.3 Å². The highest BCUT2D eigenvalue weighted by Gasteiger charge is 2.12. The molecule has 0 aliphatic heterocycles. The van der Waals surface area contributed by atoms with Crippen LogP contribution >= 0.6 is 0 Å². The quantitative estimate of drug-likeness (QED) is 0.368. The SMILES string of the molecule is N#Cc1ccc(OCC(=O)Oc2ccc3c(=O)c(-c4ccccc4)coc3c2)cc1. The van der Waals surface area contributed by atoms with E-state index in [1.807, 2.05) is 36.4 Å². The van der Waals surface area contributed by atoms with E-state index < -0.39 is 5.97 Å². The third-order valence-corrected chi connectivity index (χ3v) is 4.40. The molecule has 4 aromatic rings. The number of hydrogen-bond donors (Lipinski definition) is 0. The molecule has 6 heteroatoms. The van der Waals surface area contributed by atoms with Crippen LogP contribution in [0.15, 0.2) is 88.3 Å². The molecule has 0 N–H and O–H groups in total. The zero-order valence-corrected chi connectivity index (χ0v) is 15.7. The van der Waals surface area contributed by atoms with Gasteiger partial charge in [0.2, 0.25) is 0 Å². The van der Waals surface area contributed by atoms with E-state index in [9.17, 15) is 9.59 Å². The average molecular weight is 397 g/mol. The molecule has 0 aliphatic carbocycles. The molecule has 0 radical (unpaired) electrons. The Hall–Kier alpha value is -4.37. The standard InChI is InChI=1S/C24H15NO5/c25-13-16-6-8-18(9-7-16)28-15-23(26)30-19-10-11-20-22(12-19)29-14-21(24(20)27)17-4-2-1-3-5-17/h1-12,14H,15H2. The first-order valence-electron chi connectivity index (χ1n) is 9.09. The van der Waals surface area contributed by atoms with E-state index in [1.165, 1.54) is 18.4 Å². The van der Waals surface area contributed by atoms with Crippen molar-refractivity contribution < 1.29 is 18.7 Å².